The number of carbonyl (C=O) groups is 2. The summed E-state index contributed by atoms with van der Waals surface area (Å²) in [6.45, 7) is 2.96. The van der Waals surface area contributed by atoms with E-state index in [0.717, 1.165) is 53.4 Å². The molecular weight excluding hydrogens is 605 g/mol. The van der Waals surface area contributed by atoms with E-state index in [4.69, 9.17) is 0 Å². The highest BCUT2D eigenvalue weighted by Crippen LogP contribution is 2.38. The summed E-state index contributed by atoms with van der Waals surface area (Å²) in [6, 6.07) is 22.2. The number of pyridine rings is 3. The number of hydrogen-bond donors (Lipinski definition) is 2. The average Bonchev–Trinajstić information content (AvgIpc) is 3.36. The molecule has 0 spiro atoms. The van der Waals surface area contributed by atoms with Crippen molar-refractivity contribution < 1.29 is 22.8 Å². The molecule has 8 nitrogen and oxygen atoms in total. The molecule has 236 valence electrons. The number of likely N-dealkylation sites (tertiary alicyclic amines) is 1. The van der Waals surface area contributed by atoms with E-state index in [-0.39, 0.29) is 23.6 Å². The van der Waals surface area contributed by atoms with Gasteiger partial charge in [0.25, 0.3) is 5.91 Å². The summed E-state index contributed by atoms with van der Waals surface area (Å²) in [5.41, 5.74) is 4.66. The predicted molar refractivity (Wildman–Crippen MR) is 173 cm³/mol. The molecule has 1 aliphatic heterocycles. The van der Waals surface area contributed by atoms with E-state index in [9.17, 15) is 22.8 Å². The molecule has 2 N–H and O–H groups in total. The molecule has 5 aromatic rings. The Labute approximate surface area is 268 Å². The van der Waals surface area contributed by atoms with Crippen LogP contribution in [-0.4, -0.2) is 50.7 Å². The number of ketones is 1. The van der Waals surface area contributed by atoms with Gasteiger partial charge in [0, 0.05) is 48.2 Å². The van der Waals surface area contributed by atoms with Gasteiger partial charge in [-0.05, 0) is 78.9 Å². The van der Waals surface area contributed by atoms with Crippen LogP contribution >= 0.6 is 0 Å². The lowest BCUT2D eigenvalue weighted by Crippen LogP contribution is -2.42. The quantitative estimate of drug-likeness (QED) is 0.195. The number of rotatable bonds is 6. The van der Waals surface area contributed by atoms with Crippen molar-refractivity contribution >= 4 is 29.1 Å². The first-order chi connectivity index (χ1) is 22.6. The number of amides is 1. The molecule has 0 bridgehead atoms. The van der Waals surface area contributed by atoms with E-state index in [2.05, 4.69) is 25.6 Å². The summed E-state index contributed by atoms with van der Waals surface area (Å²) >= 11 is 0. The van der Waals surface area contributed by atoms with Crippen molar-refractivity contribution in [1.82, 2.24) is 19.9 Å². The van der Waals surface area contributed by atoms with Gasteiger partial charge in [0.1, 0.15) is 17.5 Å². The van der Waals surface area contributed by atoms with E-state index < -0.39 is 11.7 Å². The van der Waals surface area contributed by atoms with E-state index in [1.807, 2.05) is 60.4 Å². The number of anilines is 3. The number of benzene rings is 2. The van der Waals surface area contributed by atoms with Crippen molar-refractivity contribution in [2.45, 2.75) is 32.0 Å². The standard InChI is InChI=1S/C36H29F3N6O2/c1-21-17-29(43-32(18-21)44-31-19-23(11-14-40-31)36(37,38)39)22-9-10-30(41-20-22)42-24-12-15-45(16-13-24)35(47)28-8-4-7-26-25-5-2-3-6-27(25)34(46)33(26)28/h2-11,14,17-20,24H,12-13,15-16H2,1H3,(H,41,42)(H,40,43,44). The number of nitrogens with one attached hydrogen (secondary N) is 2. The lowest BCUT2D eigenvalue weighted by atomic mass is 9.98. The van der Waals surface area contributed by atoms with Crippen molar-refractivity contribution in [3.8, 4) is 22.4 Å². The number of nitrogens with zero attached hydrogens (tertiary/aromatic N) is 4. The molecule has 3 aromatic heterocycles. The Hall–Kier alpha value is -5.58. The number of aromatic nitrogens is 3. The maximum atomic E-state index is 13.6. The van der Waals surface area contributed by atoms with Crippen LogP contribution in [0.4, 0.5) is 30.6 Å². The van der Waals surface area contributed by atoms with Gasteiger partial charge in [-0.25, -0.2) is 15.0 Å². The topological polar surface area (TPSA) is 100 Å². The number of carbonyl (C=O) groups excluding carboxylic acids is 2. The van der Waals surface area contributed by atoms with Gasteiger partial charge in [-0.3, -0.25) is 9.59 Å². The minimum absolute atomic E-state index is 0.0426. The normalized spacial score (nSPS) is 14.5. The Bertz CT molecular complexity index is 2000. The van der Waals surface area contributed by atoms with Gasteiger partial charge < -0.3 is 15.5 Å². The second kappa shape index (κ2) is 12.0. The number of aryl methyl sites for hydroxylation is 1. The van der Waals surface area contributed by atoms with Crippen LogP contribution in [0.5, 0.6) is 0 Å². The third kappa shape index (κ3) is 6.04. The van der Waals surface area contributed by atoms with Crippen LogP contribution in [0.25, 0.3) is 22.4 Å². The Morgan fingerprint density at radius 2 is 1.62 bits per heavy atom. The van der Waals surface area contributed by atoms with E-state index in [1.165, 1.54) is 0 Å². The molecule has 1 saturated heterocycles. The first-order valence-electron chi connectivity index (χ1n) is 15.2. The van der Waals surface area contributed by atoms with Gasteiger partial charge in [0.15, 0.2) is 5.78 Å². The maximum absolute atomic E-state index is 13.6. The molecule has 1 amide bonds. The first-order valence-corrected chi connectivity index (χ1v) is 15.2. The molecule has 0 saturated carbocycles. The summed E-state index contributed by atoms with van der Waals surface area (Å²) in [5.74, 6) is 0.853. The Morgan fingerprint density at radius 1 is 0.851 bits per heavy atom. The zero-order chi connectivity index (χ0) is 32.7. The summed E-state index contributed by atoms with van der Waals surface area (Å²) < 4.78 is 39.4. The Balaban J connectivity index is 0.985. The van der Waals surface area contributed by atoms with E-state index >= 15 is 0 Å². The molecular formula is C36H29F3N6O2. The van der Waals surface area contributed by atoms with Gasteiger partial charge in [0.05, 0.1) is 16.8 Å². The molecule has 0 atom stereocenters. The summed E-state index contributed by atoms with van der Waals surface area (Å²) in [6.07, 6.45) is -0.236. The second-order valence-electron chi connectivity index (χ2n) is 11.7. The van der Waals surface area contributed by atoms with Crippen molar-refractivity contribution in [3.05, 3.63) is 119 Å². The number of fused-ring (bicyclic) bond motifs is 3. The molecule has 2 aliphatic rings. The number of halogens is 3. The zero-order valence-corrected chi connectivity index (χ0v) is 25.3. The first kappa shape index (κ1) is 30.1. The molecule has 2 aromatic carbocycles. The molecule has 4 heterocycles. The second-order valence-corrected chi connectivity index (χ2v) is 11.7. The third-order valence-corrected chi connectivity index (χ3v) is 8.49. The summed E-state index contributed by atoms with van der Waals surface area (Å²) in [7, 11) is 0. The molecule has 47 heavy (non-hydrogen) atoms. The third-order valence-electron chi connectivity index (χ3n) is 8.49. The Kier molecular flexibility index (Phi) is 7.67. The molecule has 0 unspecified atom stereocenters. The average molecular weight is 635 g/mol. The minimum Gasteiger partial charge on any atom is -0.367 e. The molecule has 1 aliphatic carbocycles. The van der Waals surface area contributed by atoms with Crippen LogP contribution in [-0.2, 0) is 6.18 Å². The van der Waals surface area contributed by atoms with Crippen LogP contribution in [0.15, 0.2) is 91.3 Å². The highest BCUT2D eigenvalue weighted by Gasteiger charge is 2.33. The van der Waals surface area contributed by atoms with Crippen molar-refractivity contribution in [2.24, 2.45) is 0 Å². The van der Waals surface area contributed by atoms with Crippen molar-refractivity contribution in [3.63, 3.8) is 0 Å². The maximum Gasteiger partial charge on any atom is 0.416 e. The SMILES string of the molecule is Cc1cc(Nc2cc(C(F)(F)F)ccn2)nc(-c2ccc(NC3CCN(C(=O)c4cccc5c4C(=O)c4ccccc4-5)CC3)nc2)c1. The highest BCUT2D eigenvalue weighted by molar-refractivity contribution is 6.25. The van der Waals surface area contributed by atoms with Crippen molar-refractivity contribution in [1.29, 1.82) is 0 Å². The molecule has 11 heteroatoms. The fourth-order valence-electron chi connectivity index (χ4n) is 6.17. The van der Waals surface area contributed by atoms with Crippen LogP contribution in [0, 0.1) is 6.92 Å². The van der Waals surface area contributed by atoms with Gasteiger partial charge in [-0.1, -0.05) is 36.4 Å². The lowest BCUT2D eigenvalue weighted by Gasteiger charge is -2.33. The fraction of sp³-hybridized carbons (Fsp3) is 0.194. The monoisotopic (exact) mass is 634 g/mol. The van der Waals surface area contributed by atoms with Crippen LogP contribution < -0.4 is 10.6 Å². The van der Waals surface area contributed by atoms with E-state index in [0.29, 0.717) is 47.1 Å². The number of piperidine rings is 1. The van der Waals surface area contributed by atoms with Gasteiger partial charge in [0.2, 0.25) is 0 Å². The summed E-state index contributed by atoms with van der Waals surface area (Å²) in [5, 5.41) is 6.33. The zero-order valence-electron chi connectivity index (χ0n) is 25.3. The van der Waals surface area contributed by atoms with Crippen LogP contribution in [0.3, 0.4) is 0 Å². The van der Waals surface area contributed by atoms with Crippen molar-refractivity contribution in [2.75, 3.05) is 23.7 Å². The smallest absolute Gasteiger partial charge is 0.367 e. The number of alkyl halides is 3. The molecule has 7 rings (SSSR count). The summed E-state index contributed by atoms with van der Waals surface area (Å²) in [4.78, 5) is 41.7. The van der Waals surface area contributed by atoms with Gasteiger partial charge in [-0.2, -0.15) is 13.2 Å². The largest absolute Gasteiger partial charge is 0.416 e. The predicted octanol–water partition coefficient (Wildman–Crippen LogP) is 7.54. The Morgan fingerprint density at radius 3 is 2.36 bits per heavy atom. The highest BCUT2D eigenvalue weighted by atomic mass is 19.4. The number of hydrogen-bond acceptors (Lipinski definition) is 7. The van der Waals surface area contributed by atoms with Gasteiger partial charge in [-0.15, -0.1) is 0 Å². The lowest BCUT2D eigenvalue weighted by molar-refractivity contribution is -0.137. The van der Waals surface area contributed by atoms with Crippen LogP contribution in [0.1, 0.15) is 50.2 Å². The van der Waals surface area contributed by atoms with Crippen LogP contribution in [0.2, 0.25) is 0 Å². The molecule has 0 radical (unpaired) electrons. The van der Waals surface area contributed by atoms with Gasteiger partial charge >= 0.3 is 6.18 Å². The van der Waals surface area contributed by atoms with E-state index in [1.54, 1.807) is 24.4 Å². The minimum atomic E-state index is -4.47. The fourth-order valence-corrected chi connectivity index (χ4v) is 6.17. The molecule has 1 fully saturated rings.